The van der Waals surface area contributed by atoms with Crippen LogP contribution in [0.4, 0.5) is 5.69 Å². The fraction of sp³-hybridized carbons (Fsp3) is 0.300. The van der Waals surface area contributed by atoms with Crippen molar-refractivity contribution >= 4 is 32.5 Å². The summed E-state index contributed by atoms with van der Waals surface area (Å²) in [7, 11) is -2.47. The molecule has 0 fully saturated rings. The summed E-state index contributed by atoms with van der Waals surface area (Å²) in [5.41, 5.74) is 0.978. The molecule has 1 N–H and O–H groups in total. The molecule has 8 nitrogen and oxygen atoms in total. The Kier molecular flexibility index (Phi) is 5.52. The van der Waals surface area contributed by atoms with Gasteiger partial charge in [-0.25, -0.2) is 13.2 Å². The van der Waals surface area contributed by atoms with Crippen LogP contribution in [0.5, 0.6) is 5.75 Å². The topological polar surface area (TPSA) is 99.4 Å². The minimum Gasteiger partial charge on any atom is -0.497 e. The van der Waals surface area contributed by atoms with Gasteiger partial charge in [0.2, 0.25) is 15.7 Å². The molecule has 0 unspecified atom stereocenters. The molecule has 0 bridgehead atoms. The van der Waals surface area contributed by atoms with E-state index in [1.165, 1.54) is 36.8 Å². The molecular weight excluding hydrogens is 394 g/mol. The van der Waals surface area contributed by atoms with Gasteiger partial charge in [-0.05, 0) is 50.2 Å². The molecule has 29 heavy (non-hydrogen) atoms. The van der Waals surface area contributed by atoms with E-state index in [2.05, 4.69) is 5.32 Å². The van der Waals surface area contributed by atoms with Crippen molar-refractivity contribution in [1.29, 1.82) is 0 Å². The number of fused-ring (bicyclic) bond motifs is 1. The number of carbonyl (C=O) groups is 1. The second kappa shape index (κ2) is 7.75. The molecule has 3 aromatic rings. The molecule has 0 aliphatic rings. The molecular formula is C20H23N3O5S. The van der Waals surface area contributed by atoms with Crippen LogP contribution in [0.1, 0.15) is 20.8 Å². The fourth-order valence-corrected chi connectivity index (χ4v) is 4.76. The van der Waals surface area contributed by atoms with Crippen LogP contribution in [0.3, 0.4) is 0 Å². The maximum Gasteiger partial charge on any atom is 0.329 e. The van der Waals surface area contributed by atoms with Gasteiger partial charge in [-0.1, -0.05) is 0 Å². The number of aryl methyl sites for hydroxylation is 2. The molecule has 0 spiro atoms. The molecule has 1 amide bonds. The van der Waals surface area contributed by atoms with Crippen LogP contribution >= 0.6 is 0 Å². The van der Waals surface area contributed by atoms with Crippen molar-refractivity contribution in [3.63, 3.8) is 0 Å². The monoisotopic (exact) mass is 417 g/mol. The van der Waals surface area contributed by atoms with Crippen molar-refractivity contribution in [3.05, 3.63) is 46.9 Å². The minimum atomic E-state index is -3.96. The summed E-state index contributed by atoms with van der Waals surface area (Å²) < 4.78 is 34.9. The van der Waals surface area contributed by atoms with E-state index in [9.17, 15) is 18.0 Å². The summed E-state index contributed by atoms with van der Waals surface area (Å²) in [4.78, 5) is 24.4. The lowest BCUT2D eigenvalue weighted by Gasteiger charge is -2.13. The first-order valence-corrected chi connectivity index (χ1v) is 10.7. The number of nitrogens with one attached hydrogen (secondary N) is 1. The summed E-state index contributed by atoms with van der Waals surface area (Å²) in [6, 6.07) is 9.00. The molecule has 3 rings (SSSR count). The Balaban J connectivity index is 2.34. The highest BCUT2D eigenvalue weighted by Gasteiger charge is 2.25. The van der Waals surface area contributed by atoms with Crippen molar-refractivity contribution in [2.75, 3.05) is 12.4 Å². The van der Waals surface area contributed by atoms with Crippen molar-refractivity contribution in [2.45, 2.75) is 43.7 Å². The predicted octanol–water partition coefficient (Wildman–Crippen LogP) is 2.64. The van der Waals surface area contributed by atoms with Crippen molar-refractivity contribution in [3.8, 4) is 5.75 Å². The first-order chi connectivity index (χ1) is 13.7. The number of methoxy groups -OCH3 is 1. The highest BCUT2D eigenvalue weighted by Crippen LogP contribution is 2.32. The van der Waals surface area contributed by atoms with Crippen molar-refractivity contribution in [2.24, 2.45) is 0 Å². The third-order valence-corrected chi connectivity index (χ3v) is 6.53. The zero-order valence-corrected chi connectivity index (χ0v) is 17.5. The zero-order valence-electron chi connectivity index (χ0n) is 16.7. The molecule has 2 aromatic carbocycles. The van der Waals surface area contributed by atoms with Crippen LogP contribution in [0.2, 0.25) is 0 Å². The standard InChI is InChI=1S/C20H23N3O5S/c1-5-22-17-11-16(21-13(3)24)19(12-18(17)23(6-2)20(22)25)29(26,27)15-9-7-14(28-4)8-10-15/h7-12H,5-6H2,1-4H3,(H,21,24). The fourth-order valence-electron chi connectivity index (χ4n) is 3.34. The van der Waals surface area contributed by atoms with Gasteiger partial charge in [-0.15, -0.1) is 0 Å². The molecule has 154 valence electrons. The largest absolute Gasteiger partial charge is 0.497 e. The Bertz CT molecular complexity index is 1240. The summed E-state index contributed by atoms with van der Waals surface area (Å²) in [6.45, 7) is 5.77. The van der Waals surface area contributed by atoms with Gasteiger partial charge in [0.1, 0.15) is 5.75 Å². The highest BCUT2D eigenvalue weighted by molar-refractivity contribution is 7.91. The molecule has 0 aliphatic carbocycles. The Morgan fingerprint density at radius 3 is 2.07 bits per heavy atom. The average molecular weight is 417 g/mol. The van der Waals surface area contributed by atoms with Gasteiger partial charge in [-0.3, -0.25) is 13.9 Å². The Hall–Kier alpha value is -3.07. The quantitative estimate of drug-likeness (QED) is 0.665. The van der Waals surface area contributed by atoms with Crippen molar-refractivity contribution in [1.82, 2.24) is 9.13 Å². The second-order valence-electron chi connectivity index (χ2n) is 6.47. The Morgan fingerprint density at radius 2 is 1.59 bits per heavy atom. The number of benzene rings is 2. The number of amides is 1. The number of imidazole rings is 1. The van der Waals surface area contributed by atoms with Gasteiger partial charge in [0.25, 0.3) is 0 Å². The number of anilines is 1. The molecule has 0 atom stereocenters. The molecule has 0 saturated carbocycles. The van der Waals surface area contributed by atoms with Crippen LogP contribution in [-0.2, 0) is 27.7 Å². The van der Waals surface area contributed by atoms with Gasteiger partial charge in [-0.2, -0.15) is 0 Å². The van der Waals surface area contributed by atoms with E-state index in [-0.39, 0.29) is 21.2 Å². The van der Waals surface area contributed by atoms with E-state index in [1.807, 2.05) is 13.8 Å². The molecule has 1 aromatic heterocycles. The highest BCUT2D eigenvalue weighted by atomic mass is 32.2. The number of hydrogen-bond acceptors (Lipinski definition) is 5. The normalized spacial score (nSPS) is 11.6. The van der Waals surface area contributed by atoms with E-state index in [1.54, 1.807) is 22.8 Å². The minimum absolute atomic E-state index is 0.0598. The molecule has 1 heterocycles. The van der Waals surface area contributed by atoms with Crippen molar-refractivity contribution < 1.29 is 17.9 Å². The van der Waals surface area contributed by atoms with Crippen LogP contribution in [0.15, 0.2) is 51.0 Å². The van der Waals surface area contributed by atoms with E-state index >= 15 is 0 Å². The third kappa shape index (κ3) is 3.53. The number of nitrogens with zero attached hydrogens (tertiary/aromatic N) is 2. The SMILES string of the molecule is CCn1c(=O)n(CC)c2cc(S(=O)(=O)c3ccc(OC)cc3)c(NC(C)=O)cc21. The summed E-state index contributed by atoms with van der Waals surface area (Å²) >= 11 is 0. The van der Waals surface area contributed by atoms with Crippen LogP contribution in [0, 0.1) is 0 Å². The molecule has 0 radical (unpaired) electrons. The number of hydrogen-bond donors (Lipinski definition) is 1. The number of aromatic nitrogens is 2. The van der Waals surface area contributed by atoms with Gasteiger partial charge in [0, 0.05) is 20.0 Å². The Morgan fingerprint density at radius 1 is 1.03 bits per heavy atom. The van der Waals surface area contributed by atoms with E-state index in [4.69, 9.17) is 4.74 Å². The lowest BCUT2D eigenvalue weighted by atomic mass is 10.2. The Labute approximate surface area is 168 Å². The first kappa shape index (κ1) is 20.7. The predicted molar refractivity (Wildman–Crippen MR) is 110 cm³/mol. The number of ether oxygens (including phenoxy) is 1. The first-order valence-electron chi connectivity index (χ1n) is 9.18. The van der Waals surface area contributed by atoms with Crippen LogP contribution in [-0.4, -0.2) is 30.6 Å². The smallest absolute Gasteiger partial charge is 0.329 e. The number of sulfone groups is 1. The van der Waals surface area contributed by atoms with Gasteiger partial charge in [0.15, 0.2) is 0 Å². The van der Waals surface area contributed by atoms with Gasteiger partial charge < -0.3 is 10.1 Å². The molecule has 9 heteroatoms. The number of rotatable bonds is 6. The lowest BCUT2D eigenvalue weighted by molar-refractivity contribution is -0.114. The van der Waals surface area contributed by atoms with Crippen LogP contribution < -0.4 is 15.7 Å². The van der Waals surface area contributed by atoms with E-state index < -0.39 is 15.7 Å². The zero-order chi connectivity index (χ0) is 21.3. The maximum absolute atomic E-state index is 13.4. The summed E-state index contributed by atoms with van der Waals surface area (Å²) in [6.07, 6.45) is 0. The van der Waals surface area contributed by atoms with Gasteiger partial charge in [0.05, 0.1) is 33.6 Å². The lowest BCUT2D eigenvalue weighted by Crippen LogP contribution is -2.23. The van der Waals surface area contributed by atoms with Crippen LogP contribution in [0.25, 0.3) is 11.0 Å². The summed E-state index contributed by atoms with van der Waals surface area (Å²) in [5.74, 6) is 0.122. The van der Waals surface area contributed by atoms with Gasteiger partial charge >= 0.3 is 5.69 Å². The molecule has 0 saturated heterocycles. The van der Waals surface area contributed by atoms with E-state index in [0.29, 0.717) is 29.9 Å². The average Bonchev–Trinajstić information content (AvgIpc) is 2.96. The molecule has 0 aliphatic heterocycles. The van der Waals surface area contributed by atoms with E-state index in [0.717, 1.165) is 0 Å². The third-order valence-electron chi connectivity index (χ3n) is 4.72. The number of carbonyl (C=O) groups excluding carboxylic acids is 1. The maximum atomic E-state index is 13.4. The summed E-state index contributed by atoms with van der Waals surface area (Å²) in [5, 5.41) is 2.59. The second-order valence-corrected chi connectivity index (χ2v) is 8.39.